The van der Waals surface area contributed by atoms with Gasteiger partial charge in [0.25, 0.3) is 0 Å². The third-order valence-corrected chi connectivity index (χ3v) is 3.96. The Hall–Kier alpha value is -2.37. The maximum absolute atomic E-state index is 11.9. The van der Waals surface area contributed by atoms with E-state index in [0.29, 0.717) is 16.3 Å². The highest BCUT2D eigenvalue weighted by molar-refractivity contribution is 6.42. The summed E-state index contributed by atoms with van der Waals surface area (Å²) >= 11 is 11.6. The van der Waals surface area contributed by atoms with Crippen LogP contribution in [-0.2, 0) is 14.3 Å². The van der Waals surface area contributed by atoms with Crippen LogP contribution in [0.15, 0.2) is 48.5 Å². The lowest BCUT2D eigenvalue weighted by Gasteiger charge is -2.06. The number of ether oxygens (including phenoxy) is 1. The SMILES string of the molecule is O=C(CCC(=O)OCC(=O)c1ccc(Cl)c(Cl)c1)Nc1ccccc1. The van der Waals surface area contributed by atoms with Gasteiger partial charge in [-0.25, -0.2) is 0 Å². The lowest BCUT2D eigenvalue weighted by Crippen LogP contribution is -2.17. The van der Waals surface area contributed by atoms with Crippen molar-refractivity contribution in [2.24, 2.45) is 0 Å². The summed E-state index contributed by atoms with van der Waals surface area (Å²) in [4.78, 5) is 35.3. The highest BCUT2D eigenvalue weighted by Crippen LogP contribution is 2.22. The number of carbonyl (C=O) groups excluding carboxylic acids is 3. The fourth-order valence-electron chi connectivity index (χ4n) is 1.93. The first-order valence-corrected chi connectivity index (χ1v) is 8.20. The third-order valence-electron chi connectivity index (χ3n) is 3.22. The van der Waals surface area contributed by atoms with Gasteiger partial charge < -0.3 is 10.1 Å². The maximum atomic E-state index is 11.9. The van der Waals surface area contributed by atoms with E-state index >= 15 is 0 Å². The zero-order valence-corrected chi connectivity index (χ0v) is 14.6. The average Bonchev–Trinajstić information content (AvgIpc) is 2.61. The van der Waals surface area contributed by atoms with Crippen LogP contribution < -0.4 is 5.32 Å². The van der Waals surface area contributed by atoms with Crippen LogP contribution in [0.4, 0.5) is 5.69 Å². The Morgan fingerprint density at radius 2 is 1.64 bits per heavy atom. The number of nitrogens with one attached hydrogen (secondary N) is 1. The Morgan fingerprint density at radius 3 is 2.32 bits per heavy atom. The van der Waals surface area contributed by atoms with Crippen LogP contribution >= 0.6 is 23.2 Å². The lowest BCUT2D eigenvalue weighted by atomic mass is 10.1. The number of para-hydroxylation sites is 1. The molecule has 0 aromatic heterocycles. The predicted molar refractivity (Wildman–Crippen MR) is 96.1 cm³/mol. The zero-order valence-electron chi connectivity index (χ0n) is 13.1. The fourth-order valence-corrected chi connectivity index (χ4v) is 2.23. The summed E-state index contributed by atoms with van der Waals surface area (Å²) in [7, 11) is 0. The van der Waals surface area contributed by atoms with Gasteiger partial charge in [-0.05, 0) is 30.3 Å². The van der Waals surface area contributed by atoms with Crippen LogP contribution in [0.25, 0.3) is 0 Å². The molecule has 0 saturated heterocycles. The smallest absolute Gasteiger partial charge is 0.306 e. The second kappa shape index (κ2) is 9.20. The first kappa shape index (κ1) is 19.0. The molecule has 2 rings (SSSR count). The molecule has 0 heterocycles. The minimum absolute atomic E-state index is 0.0330. The van der Waals surface area contributed by atoms with E-state index in [1.165, 1.54) is 18.2 Å². The predicted octanol–water partition coefficient (Wildman–Crippen LogP) is 4.14. The lowest BCUT2D eigenvalue weighted by molar-refractivity contribution is -0.143. The van der Waals surface area contributed by atoms with Gasteiger partial charge in [0.05, 0.1) is 16.5 Å². The van der Waals surface area contributed by atoms with Gasteiger partial charge in [0.1, 0.15) is 0 Å². The number of carbonyl (C=O) groups is 3. The topological polar surface area (TPSA) is 72.5 Å². The number of anilines is 1. The molecule has 130 valence electrons. The molecule has 7 heteroatoms. The van der Waals surface area contributed by atoms with Crippen LogP contribution in [0.2, 0.25) is 10.0 Å². The third kappa shape index (κ3) is 6.21. The van der Waals surface area contributed by atoms with Crippen LogP contribution in [0, 0.1) is 0 Å². The number of hydrogen-bond donors (Lipinski definition) is 1. The van der Waals surface area contributed by atoms with Gasteiger partial charge in [-0.2, -0.15) is 0 Å². The zero-order chi connectivity index (χ0) is 18.2. The molecule has 5 nitrogen and oxygen atoms in total. The molecule has 2 aromatic rings. The van der Waals surface area contributed by atoms with Crippen molar-refractivity contribution < 1.29 is 19.1 Å². The molecule has 2 aromatic carbocycles. The number of esters is 1. The van der Waals surface area contributed by atoms with E-state index in [4.69, 9.17) is 27.9 Å². The van der Waals surface area contributed by atoms with Gasteiger partial charge in [0.2, 0.25) is 5.91 Å². The molecule has 0 aliphatic carbocycles. The summed E-state index contributed by atoms with van der Waals surface area (Å²) in [6.07, 6.45) is -0.151. The fraction of sp³-hybridized carbons (Fsp3) is 0.167. The quantitative estimate of drug-likeness (QED) is 0.579. The van der Waals surface area contributed by atoms with E-state index < -0.39 is 18.4 Å². The van der Waals surface area contributed by atoms with E-state index in [2.05, 4.69) is 5.32 Å². The largest absolute Gasteiger partial charge is 0.457 e. The van der Waals surface area contributed by atoms with E-state index in [1.54, 1.807) is 24.3 Å². The molecule has 0 bridgehead atoms. The summed E-state index contributed by atoms with van der Waals surface area (Å²) < 4.78 is 4.88. The molecule has 0 radical (unpaired) electrons. The number of ketones is 1. The van der Waals surface area contributed by atoms with Crippen molar-refractivity contribution in [1.82, 2.24) is 0 Å². The van der Waals surface area contributed by atoms with Crippen molar-refractivity contribution in [3.05, 3.63) is 64.1 Å². The molecule has 1 amide bonds. The number of halogens is 2. The summed E-state index contributed by atoms with van der Waals surface area (Å²) in [5, 5.41) is 3.24. The van der Waals surface area contributed by atoms with Crippen LogP contribution in [0.1, 0.15) is 23.2 Å². The molecule has 0 aliphatic rings. The Kier molecular flexibility index (Phi) is 6.98. The van der Waals surface area contributed by atoms with E-state index in [1.807, 2.05) is 6.07 Å². The van der Waals surface area contributed by atoms with Crippen molar-refractivity contribution in [3.63, 3.8) is 0 Å². The second-order valence-electron chi connectivity index (χ2n) is 5.13. The molecular weight excluding hydrogens is 365 g/mol. The molecule has 0 atom stereocenters. The minimum atomic E-state index is -0.628. The van der Waals surface area contributed by atoms with E-state index in [0.717, 1.165) is 0 Å². The van der Waals surface area contributed by atoms with E-state index in [-0.39, 0.29) is 23.8 Å². The van der Waals surface area contributed by atoms with Gasteiger partial charge in [0.15, 0.2) is 12.4 Å². The summed E-state index contributed by atoms with van der Waals surface area (Å²) in [5.41, 5.74) is 0.944. The molecule has 0 spiro atoms. The molecule has 1 N–H and O–H groups in total. The minimum Gasteiger partial charge on any atom is -0.457 e. The average molecular weight is 380 g/mol. The monoisotopic (exact) mass is 379 g/mol. The highest BCUT2D eigenvalue weighted by atomic mass is 35.5. The Labute approximate surface area is 154 Å². The van der Waals surface area contributed by atoms with Crippen molar-refractivity contribution >= 4 is 46.5 Å². The summed E-state index contributed by atoms with van der Waals surface area (Å²) in [6, 6.07) is 13.3. The van der Waals surface area contributed by atoms with Crippen molar-refractivity contribution in [2.75, 3.05) is 11.9 Å². The summed E-state index contributed by atoms with van der Waals surface area (Å²) in [6.45, 7) is -0.420. The van der Waals surface area contributed by atoms with E-state index in [9.17, 15) is 14.4 Å². The van der Waals surface area contributed by atoms with Gasteiger partial charge in [0, 0.05) is 17.7 Å². The molecule has 25 heavy (non-hydrogen) atoms. The van der Waals surface area contributed by atoms with Gasteiger partial charge >= 0.3 is 5.97 Å². The number of benzene rings is 2. The Bertz CT molecular complexity index is 778. The van der Waals surface area contributed by atoms with Gasteiger partial charge in [-0.3, -0.25) is 14.4 Å². The first-order chi connectivity index (χ1) is 12.0. The van der Waals surface area contributed by atoms with Crippen molar-refractivity contribution in [1.29, 1.82) is 0 Å². The number of Topliss-reactive ketones (excluding diaryl/α,β-unsaturated/α-hetero) is 1. The summed E-state index contributed by atoms with van der Waals surface area (Å²) in [5.74, 6) is -1.34. The Balaban J connectivity index is 1.74. The van der Waals surface area contributed by atoms with Crippen LogP contribution in [0.3, 0.4) is 0 Å². The molecule has 0 unspecified atom stereocenters. The number of rotatable bonds is 7. The van der Waals surface area contributed by atoms with Gasteiger partial charge in [-0.1, -0.05) is 41.4 Å². The molecule has 0 fully saturated rings. The first-order valence-electron chi connectivity index (χ1n) is 7.44. The van der Waals surface area contributed by atoms with Crippen molar-refractivity contribution in [2.45, 2.75) is 12.8 Å². The standard InChI is InChI=1S/C18H15Cl2NO4/c19-14-7-6-12(10-15(14)20)16(22)11-25-18(24)9-8-17(23)21-13-4-2-1-3-5-13/h1-7,10H,8-9,11H2,(H,21,23). The maximum Gasteiger partial charge on any atom is 0.306 e. The number of amides is 1. The Morgan fingerprint density at radius 1 is 0.920 bits per heavy atom. The van der Waals surface area contributed by atoms with Crippen LogP contribution in [-0.4, -0.2) is 24.3 Å². The van der Waals surface area contributed by atoms with Gasteiger partial charge in [-0.15, -0.1) is 0 Å². The number of hydrogen-bond acceptors (Lipinski definition) is 4. The van der Waals surface area contributed by atoms with Crippen molar-refractivity contribution in [3.8, 4) is 0 Å². The highest BCUT2D eigenvalue weighted by Gasteiger charge is 2.13. The molecule has 0 saturated carbocycles. The molecule has 0 aliphatic heterocycles. The molecular formula is C18H15Cl2NO4. The normalized spacial score (nSPS) is 10.2. The van der Waals surface area contributed by atoms with Crippen LogP contribution in [0.5, 0.6) is 0 Å². The second-order valence-corrected chi connectivity index (χ2v) is 5.94.